The molecule has 2 bridgehead atoms. The molecule has 0 amide bonds. The minimum absolute atomic E-state index is 0.109. The van der Waals surface area contributed by atoms with E-state index in [2.05, 4.69) is 19.7 Å². The second kappa shape index (κ2) is 10.1. The lowest BCUT2D eigenvalue weighted by Crippen LogP contribution is -2.60. The monoisotopic (exact) mass is 587 g/mol. The number of hydrogen-bond donors (Lipinski definition) is 4. The fraction of sp³-hybridized carbons (Fsp3) is 0.391. The van der Waals surface area contributed by atoms with Crippen molar-refractivity contribution >= 4 is 33.1 Å². The molecule has 1 aromatic carbocycles. The molecule has 16 heteroatoms. The van der Waals surface area contributed by atoms with Crippen molar-refractivity contribution in [3.63, 3.8) is 0 Å². The van der Waals surface area contributed by atoms with Gasteiger partial charge in [-0.2, -0.15) is 13.2 Å². The van der Waals surface area contributed by atoms with E-state index in [4.69, 9.17) is 20.4 Å². The van der Waals surface area contributed by atoms with Crippen molar-refractivity contribution in [3.8, 4) is 21.8 Å². The molecule has 5 N–H and O–H groups in total. The van der Waals surface area contributed by atoms with Crippen molar-refractivity contribution in [2.24, 2.45) is 0 Å². The highest BCUT2D eigenvalue weighted by Gasteiger charge is 2.63. The Balaban J connectivity index is 0.000000448. The highest BCUT2D eigenvalue weighted by atomic mass is 32.2. The minimum Gasteiger partial charge on any atom is -0.475 e. The summed E-state index contributed by atoms with van der Waals surface area (Å²) in [5, 5.41) is 17.5. The second-order valence-corrected chi connectivity index (χ2v) is 12.3. The third-order valence-corrected chi connectivity index (χ3v) is 8.80. The molecule has 0 radical (unpaired) electrons. The van der Waals surface area contributed by atoms with Crippen LogP contribution in [0.4, 0.5) is 19.0 Å². The van der Waals surface area contributed by atoms with Crippen LogP contribution in [0.5, 0.6) is 0 Å². The summed E-state index contributed by atoms with van der Waals surface area (Å²) in [7, 11) is -3.81. The van der Waals surface area contributed by atoms with Crippen molar-refractivity contribution in [1.29, 1.82) is 0 Å². The molecule has 2 aliphatic heterocycles. The molecule has 3 aliphatic rings. The molecule has 3 fully saturated rings. The van der Waals surface area contributed by atoms with Gasteiger partial charge in [0.25, 0.3) is 0 Å². The number of alkyl halides is 3. The summed E-state index contributed by atoms with van der Waals surface area (Å²) in [5.41, 5.74) is 7.35. The molecule has 0 atom stereocenters. The molecule has 39 heavy (non-hydrogen) atoms. The van der Waals surface area contributed by atoms with Crippen LogP contribution in [-0.4, -0.2) is 70.1 Å². The topological polar surface area (TPSA) is 178 Å². The van der Waals surface area contributed by atoms with Crippen LogP contribution in [0.15, 0.2) is 35.5 Å². The second-order valence-electron chi connectivity index (χ2n) is 9.38. The first-order valence-electron chi connectivity index (χ1n) is 11.3. The third-order valence-electron chi connectivity index (χ3n) is 6.31. The number of halogens is 3. The fourth-order valence-corrected chi connectivity index (χ4v) is 6.69. The molecule has 4 heterocycles. The number of aryl methyl sites for hydroxylation is 2. The molecular weight excluding hydrogens is 563 g/mol. The van der Waals surface area contributed by atoms with Gasteiger partial charge in [-0.3, -0.25) is 0 Å². The van der Waals surface area contributed by atoms with Crippen LogP contribution in [0.2, 0.25) is 0 Å². The van der Waals surface area contributed by atoms with Gasteiger partial charge in [0, 0.05) is 24.6 Å². The molecule has 11 nitrogen and oxygen atoms in total. The number of aliphatic carboxylic acids is 1. The van der Waals surface area contributed by atoms with Crippen molar-refractivity contribution < 1.29 is 41.3 Å². The lowest BCUT2D eigenvalue weighted by Gasteiger charge is -2.43. The number of carboxylic acid groups (broad SMARTS) is 1. The number of nitrogens with two attached hydrogens (primary N) is 1. The number of nitrogen functional groups attached to an aromatic ring is 1. The van der Waals surface area contributed by atoms with E-state index in [1.807, 2.05) is 13.8 Å². The predicted molar refractivity (Wildman–Crippen MR) is 134 cm³/mol. The van der Waals surface area contributed by atoms with Crippen molar-refractivity contribution in [2.75, 3.05) is 18.9 Å². The van der Waals surface area contributed by atoms with Gasteiger partial charge in [-0.15, -0.1) is 11.3 Å². The van der Waals surface area contributed by atoms with Crippen LogP contribution in [0.25, 0.3) is 21.8 Å². The number of ether oxygens (including phenoxy) is 1. The Labute approximate surface area is 224 Å². The Hall–Kier alpha value is -3.18. The van der Waals surface area contributed by atoms with Gasteiger partial charge in [-0.25, -0.2) is 32.9 Å². The molecular formula is C23H24F3N5O6S2. The number of aliphatic hydroxyl groups excluding tert-OH is 1. The van der Waals surface area contributed by atoms with Gasteiger partial charge in [-0.05, 0) is 31.5 Å². The Bertz CT molecular complexity index is 1520. The number of nitrogens with one attached hydrogen (secondary N) is 1. The zero-order chi connectivity index (χ0) is 28.8. The zero-order valence-corrected chi connectivity index (χ0v) is 22.2. The summed E-state index contributed by atoms with van der Waals surface area (Å²) in [5.74, 6) is -2.47. The van der Waals surface area contributed by atoms with Gasteiger partial charge in [0.05, 0.1) is 51.0 Å². The van der Waals surface area contributed by atoms with Gasteiger partial charge in [0.2, 0.25) is 10.0 Å². The van der Waals surface area contributed by atoms with E-state index in [9.17, 15) is 26.7 Å². The van der Waals surface area contributed by atoms with Crippen LogP contribution in [-0.2, 0) is 19.6 Å². The smallest absolute Gasteiger partial charge is 0.475 e. The first kappa shape index (κ1) is 28.8. The number of rotatable bonds is 6. The fourth-order valence-electron chi connectivity index (χ4n) is 4.50. The number of aromatic nitrogens is 3. The number of benzene rings is 1. The number of fused-ring (bicyclic) bond motifs is 1. The molecule has 1 aliphatic carbocycles. The predicted octanol–water partition coefficient (Wildman–Crippen LogP) is 2.67. The summed E-state index contributed by atoms with van der Waals surface area (Å²) >= 11 is 1.46. The number of aliphatic hydroxyl groups is 1. The maximum atomic E-state index is 13.2. The average Bonchev–Trinajstić information content (AvgIpc) is 3.52. The Morgan fingerprint density at radius 2 is 1.90 bits per heavy atom. The Morgan fingerprint density at radius 3 is 2.44 bits per heavy atom. The molecule has 1 saturated carbocycles. The van der Waals surface area contributed by atoms with Crippen LogP contribution < -0.4 is 10.5 Å². The summed E-state index contributed by atoms with van der Waals surface area (Å²) in [6.07, 6.45) is -0.898. The normalized spacial score (nSPS) is 22.1. The maximum absolute atomic E-state index is 13.2. The molecule has 0 spiro atoms. The SMILES string of the molecule is Cc1ncc(-c2nc(-c3cc(S(=O)(=O)NC45COC(CO)(C4)C5)ccc3C)cnc2N)s1.O=C(O)C(F)(F)F. The van der Waals surface area contributed by atoms with E-state index in [0.29, 0.717) is 29.8 Å². The first-order valence-corrected chi connectivity index (χ1v) is 13.6. The summed E-state index contributed by atoms with van der Waals surface area (Å²) < 4.78 is 66.5. The number of anilines is 1. The molecule has 0 unspecified atom stereocenters. The zero-order valence-electron chi connectivity index (χ0n) is 20.6. The van der Waals surface area contributed by atoms with Gasteiger partial charge in [-0.1, -0.05) is 6.07 Å². The van der Waals surface area contributed by atoms with Gasteiger partial charge < -0.3 is 20.7 Å². The molecule has 6 rings (SSSR count). The lowest BCUT2D eigenvalue weighted by molar-refractivity contribution is -0.192. The lowest BCUT2D eigenvalue weighted by atomic mass is 9.69. The van der Waals surface area contributed by atoms with Crippen LogP contribution >= 0.6 is 11.3 Å². The number of carboxylic acids is 1. The largest absolute Gasteiger partial charge is 0.490 e. The quantitative estimate of drug-likeness (QED) is 0.335. The minimum atomic E-state index is -5.08. The molecule has 3 aromatic rings. The highest BCUT2D eigenvalue weighted by molar-refractivity contribution is 7.89. The van der Waals surface area contributed by atoms with Gasteiger partial charge in [0.15, 0.2) is 5.82 Å². The van der Waals surface area contributed by atoms with E-state index in [1.54, 1.807) is 30.6 Å². The number of nitrogens with zero attached hydrogens (tertiary/aromatic N) is 3. The molecule has 2 saturated heterocycles. The maximum Gasteiger partial charge on any atom is 0.490 e. The van der Waals surface area contributed by atoms with Gasteiger partial charge >= 0.3 is 12.1 Å². The number of carbonyl (C=O) groups is 1. The summed E-state index contributed by atoms with van der Waals surface area (Å²) in [6, 6.07) is 4.92. The van der Waals surface area contributed by atoms with Crippen molar-refractivity contribution in [1.82, 2.24) is 19.7 Å². The highest BCUT2D eigenvalue weighted by Crippen LogP contribution is 2.51. The third kappa shape index (κ3) is 5.89. The summed E-state index contributed by atoms with van der Waals surface area (Å²) in [6.45, 7) is 3.93. The number of sulfonamides is 1. The van der Waals surface area contributed by atoms with Crippen LogP contribution in [0.3, 0.4) is 0 Å². The number of hydrogen-bond acceptors (Lipinski definition) is 10. The van der Waals surface area contributed by atoms with E-state index < -0.39 is 33.3 Å². The van der Waals surface area contributed by atoms with E-state index >= 15 is 0 Å². The Kier molecular flexibility index (Phi) is 7.46. The van der Waals surface area contributed by atoms with E-state index in [1.165, 1.54) is 11.3 Å². The van der Waals surface area contributed by atoms with Crippen molar-refractivity contribution in [2.45, 2.75) is 48.9 Å². The standard InChI is InChI=1S/C21H23N5O4S2.C2HF3O2/c1-12-3-4-14(32(28,29)26-20-8-21(9-20,10-27)30-11-20)5-15(12)16-6-24-19(22)18(25-16)17-7-23-13(2)31-17;3-2(4,5)1(6)7/h3-7,26-27H,8-11H2,1-2H3,(H2,22,24);(H,6,7). The van der Waals surface area contributed by atoms with Crippen molar-refractivity contribution in [3.05, 3.63) is 41.2 Å². The van der Waals surface area contributed by atoms with Gasteiger partial charge in [0.1, 0.15) is 5.69 Å². The van der Waals surface area contributed by atoms with Crippen LogP contribution in [0, 0.1) is 13.8 Å². The first-order chi connectivity index (χ1) is 18.1. The molecule has 210 valence electrons. The van der Waals surface area contributed by atoms with Crippen LogP contribution in [0.1, 0.15) is 23.4 Å². The van der Waals surface area contributed by atoms with E-state index in [0.717, 1.165) is 15.4 Å². The Morgan fingerprint density at radius 1 is 1.23 bits per heavy atom. The van der Waals surface area contributed by atoms with E-state index in [-0.39, 0.29) is 23.9 Å². The molecule has 2 aromatic heterocycles. The summed E-state index contributed by atoms with van der Waals surface area (Å²) in [4.78, 5) is 23.0. The average molecular weight is 588 g/mol. The number of thiazole rings is 1.